The number of amides is 2. The van der Waals surface area contributed by atoms with Crippen molar-refractivity contribution in [1.29, 1.82) is 0 Å². The lowest BCUT2D eigenvalue weighted by atomic mass is 10.0. The Morgan fingerprint density at radius 3 is 2.40 bits per heavy atom. The van der Waals surface area contributed by atoms with Crippen molar-refractivity contribution in [2.24, 2.45) is 0 Å². The first-order valence-electron chi connectivity index (χ1n) is 8.24. The van der Waals surface area contributed by atoms with E-state index >= 15 is 0 Å². The Labute approximate surface area is 155 Å². The number of carbonyl (C=O) groups excluding carboxylic acids is 1. The van der Waals surface area contributed by atoms with E-state index < -0.39 is 0 Å². The number of anilines is 1. The maximum atomic E-state index is 12.1. The molecule has 0 aliphatic rings. The zero-order chi connectivity index (χ0) is 18.4. The lowest BCUT2D eigenvalue weighted by molar-refractivity contribution is 0.0959. The Hall–Kier alpha value is -2.04. The van der Waals surface area contributed by atoms with Crippen molar-refractivity contribution in [1.82, 2.24) is 4.90 Å². The Morgan fingerprint density at radius 2 is 1.80 bits per heavy atom. The molecule has 1 atom stereocenters. The van der Waals surface area contributed by atoms with Gasteiger partial charge in [0.05, 0.1) is 6.10 Å². The molecule has 0 saturated carbocycles. The summed E-state index contributed by atoms with van der Waals surface area (Å²) in [7, 11) is 7.00. The second-order valence-corrected chi connectivity index (χ2v) is 6.66. The Morgan fingerprint density at radius 1 is 1.12 bits per heavy atom. The molecule has 2 aromatic carbocycles. The third kappa shape index (κ3) is 5.21. The average Bonchev–Trinajstić information content (AvgIpc) is 2.62. The van der Waals surface area contributed by atoms with Crippen LogP contribution in [0.1, 0.15) is 23.7 Å². The molecule has 0 aromatic heterocycles. The summed E-state index contributed by atoms with van der Waals surface area (Å²) in [6.07, 6.45) is 1.73. The number of benzene rings is 2. The molecular formula is C20H25ClN2O2. The molecule has 2 aromatic rings. The fourth-order valence-corrected chi connectivity index (χ4v) is 2.85. The van der Waals surface area contributed by atoms with Crippen LogP contribution in [0.15, 0.2) is 48.5 Å². The number of hydrogen-bond acceptors (Lipinski definition) is 2. The fraction of sp³-hybridized carbons (Fsp3) is 0.350. The molecule has 0 heterocycles. The molecule has 0 radical (unpaired) electrons. The minimum Gasteiger partial charge on any atom is -0.377 e. The minimum atomic E-state index is -0.0481. The quantitative estimate of drug-likeness (QED) is 0.742. The van der Waals surface area contributed by atoms with E-state index in [0.717, 1.165) is 29.1 Å². The van der Waals surface area contributed by atoms with Crippen LogP contribution in [0, 0.1) is 0 Å². The summed E-state index contributed by atoms with van der Waals surface area (Å²) in [5.74, 6) is 0. The minimum absolute atomic E-state index is 0.0158. The molecule has 2 amide bonds. The number of halogens is 1. The first kappa shape index (κ1) is 19.3. The van der Waals surface area contributed by atoms with Gasteiger partial charge in [-0.15, -0.1) is 0 Å². The van der Waals surface area contributed by atoms with Crippen LogP contribution in [-0.4, -0.2) is 39.2 Å². The predicted molar refractivity (Wildman–Crippen MR) is 103 cm³/mol. The molecule has 5 heteroatoms. The molecule has 0 aliphatic carbocycles. The summed E-state index contributed by atoms with van der Waals surface area (Å²) >= 11 is 5.95. The number of carbonyl (C=O) groups is 1. The average molecular weight is 361 g/mol. The summed E-state index contributed by atoms with van der Waals surface area (Å²) in [6, 6.07) is 15.8. The topological polar surface area (TPSA) is 32.8 Å². The van der Waals surface area contributed by atoms with E-state index in [4.69, 9.17) is 16.3 Å². The smallest absolute Gasteiger partial charge is 0.323 e. The van der Waals surface area contributed by atoms with E-state index in [0.29, 0.717) is 0 Å². The first-order valence-corrected chi connectivity index (χ1v) is 8.62. The number of rotatable bonds is 6. The summed E-state index contributed by atoms with van der Waals surface area (Å²) in [4.78, 5) is 15.3. The summed E-state index contributed by atoms with van der Waals surface area (Å²) < 4.78 is 5.63. The number of ether oxygens (including phenoxy) is 1. The highest BCUT2D eigenvalue weighted by molar-refractivity contribution is 6.30. The molecule has 25 heavy (non-hydrogen) atoms. The van der Waals surface area contributed by atoms with Crippen LogP contribution in [0.3, 0.4) is 0 Å². The normalized spacial score (nSPS) is 11.9. The van der Waals surface area contributed by atoms with Gasteiger partial charge in [-0.2, -0.15) is 0 Å². The third-order valence-electron chi connectivity index (χ3n) is 4.19. The first-order chi connectivity index (χ1) is 11.9. The number of urea groups is 1. The highest BCUT2D eigenvalue weighted by Crippen LogP contribution is 2.25. The summed E-state index contributed by atoms with van der Waals surface area (Å²) in [5.41, 5.74) is 3.17. The maximum Gasteiger partial charge on any atom is 0.323 e. The molecule has 0 N–H and O–H groups in total. The second-order valence-electron chi connectivity index (χ2n) is 6.22. The van der Waals surface area contributed by atoms with Crippen molar-refractivity contribution in [2.75, 3.05) is 33.2 Å². The van der Waals surface area contributed by atoms with Gasteiger partial charge >= 0.3 is 6.03 Å². The van der Waals surface area contributed by atoms with Crippen LogP contribution < -0.4 is 4.90 Å². The zero-order valence-electron chi connectivity index (χ0n) is 15.2. The van der Waals surface area contributed by atoms with Gasteiger partial charge in [0, 0.05) is 39.0 Å². The van der Waals surface area contributed by atoms with Crippen molar-refractivity contribution in [2.45, 2.75) is 18.9 Å². The number of methoxy groups -OCH3 is 1. The molecule has 0 saturated heterocycles. The molecule has 0 aliphatic heterocycles. The number of hydrogen-bond donors (Lipinski definition) is 0. The highest BCUT2D eigenvalue weighted by atomic mass is 35.5. The van der Waals surface area contributed by atoms with Gasteiger partial charge in [-0.1, -0.05) is 35.9 Å². The summed E-state index contributed by atoms with van der Waals surface area (Å²) in [5, 5.41) is 0.722. The van der Waals surface area contributed by atoms with Gasteiger partial charge < -0.3 is 9.64 Å². The molecular weight excluding hydrogens is 336 g/mol. The van der Waals surface area contributed by atoms with Gasteiger partial charge in [0.25, 0.3) is 0 Å². The standard InChI is InChI=1S/C20H25ClN2O2/c1-22(2)20(24)23(3)18-7-5-6-15(14-18)8-13-19(25-4)16-9-11-17(21)12-10-16/h5-7,9-12,14,19H,8,13H2,1-4H3. The third-order valence-corrected chi connectivity index (χ3v) is 4.44. The number of aryl methyl sites for hydroxylation is 1. The van der Waals surface area contributed by atoms with Gasteiger partial charge in [-0.3, -0.25) is 4.90 Å². The lowest BCUT2D eigenvalue weighted by Crippen LogP contribution is -2.36. The van der Waals surface area contributed by atoms with E-state index in [-0.39, 0.29) is 12.1 Å². The molecule has 0 bridgehead atoms. The Balaban J connectivity index is 2.06. The van der Waals surface area contributed by atoms with Gasteiger partial charge in [0.2, 0.25) is 0 Å². The zero-order valence-corrected chi connectivity index (χ0v) is 16.0. The van der Waals surface area contributed by atoms with Crippen LogP contribution in [0.5, 0.6) is 0 Å². The van der Waals surface area contributed by atoms with Crippen LogP contribution in [0.2, 0.25) is 5.02 Å². The van der Waals surface area contributed by atoms with E-state index in [1.54, 1.807) is 38.1 Å². The molecule has 134 valence electrons. The van der Waals surface area contributed by atoms with Gasteiger partial charge in [0.15, 0.2) is 0 Å². The molecule has 4 nitrogen and oxygen atoms in total. The molecule has 0 spiro atoms. The second kappa shape index (κ2) is 8.88. The SMILES string of the molecule is COC(CCc1cccc(N(C)C(=O)N(C)C)c1)c1ccc(Cl)cc1. The monoisotopic (exact) mass is 360 g/mol. The van der Waals surface area contributed by atoms with Crippen LogP contribution in [0.4, 0.5) is 10.5 Å². The van der Waals surface area contributed by atoms with Crippen molar-refractivity contribution in [3.63, 3.8) is 0 Å². The van der Waals surface area contributed by atoms with Crippen LogP contribution in [0.25, 0.3) is 0 Å². The largest absolute Gasteiger partial charge is 0.377 e. The molecule has 2 rings (SSSR count). The van der Waals surface area contributed by atoms with E-state index in [9.17, 15) is 4.79 Å². The van der Waals surface area contributed by atoms with E-state index in [1.807, 2.05) is 36.4 Å². The van der Waals surface area contributed by atoms with Gasteiger partial charge in [0.1, 0.15) is 0 Å². The fourth-order valence-electron chi connectivity index (χ4n) is 2.73. The van der Waals surface area contributed by atoms with Gasteiger partial charge in [-0.25, -0.2) is 4.79 Å². The molecule has 0 fully saturated rings. The number of nitrogens with zero attached hydrogens (tertiary/aromatic N) is 2. The van der Waals surface area contributed by atoms with Crippen molar-refractivity contribution < 1.29 is 9.53 Å². The van der Waals surface area contributed by atoms with E-state index in [2.05, 4.69) is 12.1 Å². The van der Waals surface area contributed by atoms with Crippen LogP contribution >= 0.6 is 11.6 Å². The highest BCUT2D eigenvalue weighted by Gasteiger charge is 2.14. The predicted octanol–water partition coefficient (Wildman–Crippen LogP) is 4.78. The van der Waals surface area contributed by atoms with Crippen molar-refractivity contribution >= 4 is 23.3 Å². The van der Waals surface area contributed by atoms with E-state index in [1.165, 1.54) is 5.56 Å². The Bertz CT molecular complexity index is 701. The lowest BCUT2D eigenvalue weighted by Gasteiger charge is -2.22. The molecule has 1 unspecified atom stereocenters. The van der Waals surface area contributed by atoms with Gasteiger partial charge in [-0.05, 0) is 48.2 Å². The van der Waals surface area contributed by atoms with Crippen LogP contribution in [-0.2, 0) is 11.2 Å². The van der Waals surface area contributed by atoms with Crippen molar-refractivity contribution in [3.8, 4) is 0 Å². The van der Waals surface area contributed by atoms with Crippen molar-refractivity contribution in [3.05, 3.63) is 64.7 Å². The Kier molecular flexibility index (Phi) is 6.85. The maximum absolute atomic E-state index is 12.1. The summed E-state index contributed by atoms with van der Waals surface area (Å²) in [6.45, 7) is 0.